The van der Waals surface area contributed by atoms with Gasteiger partial charge in [-0.05, 0) is 42.3 Å². The average molecular weight is 393 g/mol. The molecule has 7 nitrogen and oxygen atoms in total. The lowest BCUT2D eigenvalue weighted by atomic mass is 10.0. The van der Waals surface area contributed by atoms with E-state index in [1.165, 1.54) is 11.8 Å². The molecule has 0 unspecified atom stereocenters. The first-order valence-corrected chi connectivity index (χ1v) is 9.34. The van der Waals surface area contributed by atoms with Crippen molar-refractivity contribution in [2.24, 2.45) is 5.92 Å². The van der Waals surface area contributed by atoms with Gasteiger partial charge < -0.3 is 10.2 Å². The summed E-state index contributed by atoms with van der Waals surface area (Å²) in [7, 11) is 1.66. The Kier molecular flexibility index (Phi) is 5.50. The maximum Gasteiger partial charge on any atom is 0.262 e. The lowest BCUT2D eigenvalue weighted by Gasteiger charge is -2.28. The molecular formula is C22H23N3O4. The molecule has 29 heavy (non-hydrogen) atoms. The number of carbonyl (C=O) groups is 4. The minimum absolute atomic E-state index is 0.104. The number of nitrogens with one attached hydrogen (secondary N) is 1. The highest BCUT2D eigenvalue weighted by Crippen LogP contribution is 2.28. The second kappa shape index (κ2) is 7.87. The number of rotatable bonds is 5. The second-order valence-corrected chi connectivity index (χ2v) is 7.33. The number of nitrogens with zero attached hydrogens (tertiary/aromatic N) is 2. The number of hydrogen-bond acceptors (Lipinski definition) is 4. The summed E-state index contributed by atoms with van der Waals surface area (Å²) in [5, 5.41) is 2.78. The molecule has 1 aliphatic rings. The molecule has 150 valence electrons. The minimum Gasteiger partial charge on any atom is -0.324 e. The van der Waals surface area contributed by atoms with Gasteiger partial charge in [-0.1, -0.05) is 26.0 Å². The first kappa shape index (κ1) is 20.3. The van der Waals surface area contributed by atoms with Crippen LogP contribution in [0.2, 0.25) is 0 Å². The van der Waals surface area contributed by atoms with Gasteiger partial charge in [0.15, 0.2) is 0 Å². The predicted molar refractivity (Wildman–Crippen MR) is 110 cm³/mol. The van der Waals surface area contributed by atoms with E-state index in [0.717, 1.165) is 4.90 Å². The first-order chi connectivity index (χ1) is 13.7. The van der Waals surface area contributed by atoms with Gasteiger partial charge in [0.1, 0.15) is 6.04 Å². The van der Waals surface area contributed by atoms with E-state index in [4.69, 9.17) is 0 Å². The molecule has 0 spiro atoms. The van der Waals surface area contributed by atoms with Gasteiger partial charge >= 0.3 is 0 Å². The Morgan fingerprint density at radius 1 is 0.931 bits per heavy atom. The lowest BCUT2D eigenvalue weighted by molar-refractivity contribution is -0.121. The van der Waals surface area contributed by atoms with Gasteiger partial charge in [-0.15, -0.1) is 0 Å². The van der Waals surface area contributed by atoms with Gasteiger partial charge in [0.2, 0.25) is 11.8 Å². The van der Waals surface area contributed by atoms with Crippen LogP contribution in [0.15, 0.2) is 48.5 Å². The Morgan fingerprint density at radius 3 is 1.90 bits per heavy atom. The van der Waals surface area contributed by atoms with Crippen LogP contribution in [0.1, 0.15) is 41.5 Å². The molecule has 4 amide bonds. The maximum atomic E-state index is 13.0. The van der Waals surface area contributed by atoms with E-state index in [2.05, 4.69) is 5.32 Å². The smallest absolute Gasteiger partial charge is 0.262 e. The number of amides is 4. The normalized spacial score (nSPS) is 14.0. The largest absolute Gasteiger partial charge is 0.324 e. The summed E-state index contributed by atoms with van der Waals surface area (Å²) in [6, 6.07) is 12.4. The van der Waals surface area contributed by atoms with Crippen LogP contribution in [0.4, 0.5) is 11.4 Å². The van der Waals surface area contributed by atoms with E-state index in [1.807, 2.05) is 0 Å². The van der Waals surface area contributed by atoms with Gasteiger partial charge in [-0.3, -0.25) is 24.1 Å². The Labute approximate surface area is 169 Å². The third kappa shape index (κ3) is 3.76. The van der Waals surface area contributed by atoms with Crippen LogP contribution >= 0.6 is 0 Å². The van der Waals surface area contributed by atoms with Gasteiger partial charge in [0, 0.05) is 25.3 Å². The molecule has 1 aliphatic heterocycles. The third-order valence-electron chi connectivity index (χ3n) is 5.00. The maximum absolute atomic E-state index is 13.0. The summed E-state index contributed by atoms with van der Waals surface area (Å²) in [6.07, 6.45) is 0. The number of benzene rings is 2. The zero-order valence-electron chi connectivity index (χ0n) is 16.8. The van der Waals surface area contributed by atoms with E-state index in [0.29, 0.717) is 22.5 Å². The molecule has 2 aromatic rings. The second-order valence-electron chi connectivity index (χ2n) is 7.33. The van der Waals surface area contributed by atoms with Gasteiger partial charge in [0.25, 0.3) is 11.8 Å². The van der Waals surface area contributed by atoms with E-state index >= 15 is 0 Å². The predicted octanol–water partition coefficient (Wildman–Crippen LogP) is 2.93. The molecular weight excluding hydrogens is 370 g/mol. The Morgan fingerprint density at radius 2 is 1.45 bits per heavy atom. The molecule has 0 bridgehead atoms. The van der Waals surface area contributed by atoms with E-state index in [-0.39, 0.29) is 11.8 Å². The summed E-state index contributed by atoms with van der Waals surface area (Å²) >= 11 is 0. The number of carbonyl (C=O) groups excluding carboxylic acids is 4. The number of fused-ring (bicyclic) bond motifs is 1. The van der Waals surface area contributed by atoms with Gasteiger partial charge in [-0.2, -0.15) is 0 Å². The van der Waals surface area contributed by atoms with Gasteiger partial charge in [0.05, 0.1) is 11.1 Å². The fourth-order valence-electron chi connectivity index (χ4n) is 3.35. The Bertz CT molecular complexity index is 947. The number of imide groups is 1. The Hall–Kier alpha value is -3.48. The number of hydrogen-bond donors (Lipinski definition) is 1. The van der Waals surface area contributed by atoms with Crippen molar-refractivity contribution in [3.05, 3.63) is 59.7 Å². The zero-order valence-corrected chi connectivity index (χ0v) is 16.8. The first-order valence-electron chi connectivity index (χ1n) is 9.34. The molecule has 0 fully saturated rings. The van der Waals surface area contributed by atoms with E-state index in [1.54, 1.807) is 69.4 Å². The summed E-state index contributed by atoms with van der Waals surface area (Å²) in [5.74, 6) is -1.74. The highest BCUT2D eigenvalue weighted by molar-refractivity contribution is 6.23. The van der Waals surface area contributed by atoms with E-state index < -0.39 is 23.8 Å². The van der Waals surface area contributed by atoms with Crippen LogP contribution in [0, 0.1) is 5.92 Å². The quantitative estimate of drug-likeness (QED) is 0.792. The van der Waals surface area contributed by atoms with Gasteiger partial charge in [-0.25, -0.2) is 0 Å². The van der Waals surface area contributed by atoms with Crippen molar-refractivity contribution >= 4 is 35.0 Å². The Balaban J connectivity index is 1.82. The molecule has 0 radical (unpaired) electrons. The van der Waals surface area contributed by atoms with Crippen molar-refractivity contribution in [3.63, 3.8) is 0 Å². The monoisotopic (exact) mass is 393 g/mol. The fourth-order valence-corrected chi connectivity index (χ4v) is 3.35. The molecule has 3 rings (SSSR count). The molecule has 2 aromatic carbocycles. The van der Waals surface area contributed by atoms with Crippen LogP contribution in [0.3, 0.4) is 0 Å². The van der Waals surface area contributed by atoms with Crippen LogP contribution < -0.4 is 10.2 Å². The molecule has 0 saturated heterocycles. The van der Waals surface area contributed by atoms with Crippen molar-refractivity contribution in [1.29, 1.82) is 0 Å². The third-order valence-corrected chi connectivity index (χ3v) is 5.00. The topological polar surface area (TPSA) is 86.8 Å². The van der Waals surface area contributed by atoms with Crippen molar-refractivity contribution in [3.8, 4) is 0 Å². The average Bonchev–Trinajstić information content (AvgIpc) is 2.93. The molecule has 7 heteroatoms. The standard InChI is InChI=1S/C22H23N3O4/c1-13(2)19(25-21(28)17-7-5-6-8-18(17)22(25)29)20(27)23-15-9-11-16(12-10-15)24(4)14(3)26/h5-13,19H,1-4H3,(H,23,27)/t19-/m0/s1. The highest BCUT2D eigenvalue weighted by atomic mass is 16.2. The van der Waals surface area contributed by atoms with Crippen LogP contribution in [0.5, 0.6) is 0 Å². The van der Waals surface area contributed by atoms with Crippen molar-refractivity contribution in [2.75, 3.05) is 17.3 Å². The molecule has 0 aliphatic carbocycles. The van der Waals surface area contributed by atoms with Crippen molar-refractivity contribution in [2.45, 2.75) is 26.8 Å². The molecule has 1 N–H and O–H groups in total. The van der Waals surface area contributed by atoms with Crippen LogP contribution in [-0.4, -0.2) is 41.6 Å². The fraction of sp³-hybridized carbons (Fsp3) is 0.273. The summed E-state index contributed by atoms with van der Waals surface area (Å²) in [4.78, 5) is 52.5. The van der Waals surface area contributed by atoms with Crippen LogP contribution in [-0.2, 0) is 9.59 Å². The molecule has 1 atom stereocenters. The molecule has 0 aromatic heterocycles. The summed E-state index contributed by atoms with van der Waals surface area (Å²) < 4.78 is 0. The summed E-state index contributed by atoms with van der Waals surface area (Å²) in [6.45, 7) is 5.04. The zero-order chi connectivity index (χ0) is 21.3. The number of anilines is 2. The van der Waals surface area contributed by atoms with E-state index in [9.17, 15) is 19.2 Å². The van der Waals surface area contributed by atoms with Crippen molar-refractivity contribution in [1.82, 2.24) is 4.90 Å². The lowest BCUT2D eigenvalue weighted by Crippen LogP contribution is -2.50. The molecule has 0 saturated carbocycles. The molecule has 1 heterocycles. The van der Waals surface area contributed by atoms with Crippen molar-refractivity contribution < 1.29 is 19.2 Å². The summed E-state index contributed by atoms with van der Waals surface area (Å²) in [5.41, 5.74) is 1.83. The minimum atomic E-state index is -0.943. The SMILES string of the molecule is CC(=O)N(C)c1ccc(NC(=O)[C@H](C(C)C)N2C(=O)c3ccccc3C2=O)cc1. The highest BCUT2D eigenvalue weighted by Gasteiger charge is 2.43. The van der Waals surface area contributed by atoms with Crippen LogP contribution in [0.25, 0.3) is 0 Å².